The van der Waals surface area contributed by atoms with Gasteiger partial charge in [0.25, 0.3) is 0 Å². The number of hydrogen-bond acceptors (Lipinski definition) is 5. The van der Waals surface area contributed by atoms with Crippen LogP contribution in [0.5, 0.6) is 5.75 Å². The maximum atomic E-state index is 12.2. The Bertz CT molecular complexity index is 880. The van der Waals surface area contributed by atoms with Crippen LogP contribution in [0, 0.1) is 0 Å². The number of rotatable bonds is 10. The highest BCUT2D eigenvalue weighted by Gasteiger charge is 2.17. The van der Waals surface area contributed by atoms with E-state index in [9.17, 15) is 13.2 Å². The SMILES string of the molecule is COCc1ccccc1CNC(=O)CS(=O)(=O)Nc1ccc(OC(C)C)cc1. The van der Waals surface area contributed by atoms with E-state index in [1.807, 2.05) is 38.1 Å². The van der Waals surface area contributed by atoms with Gasteiger partial charge in [-0.2, -0.15) is 0 Å². The molecule has 1 amide bonds. The Morgan fingerprint density at radius 1 is 1.04 bits per heavy atom. The highest BCUT2D eigenvalue weighted by molar-refractivity contribution is 7.93. The Morgan fingerprint density at radius 3 is 2.29 bits per heavy atom. The summed E-state index contributed by atoms with van der Waals surface area (Å²) in [6.45, 7) is 4.46. The normalized spacial score (nSPS) is 11.3. The summed E-state index contributed by atoms with van der Waals surface area (Å²) >= 11 is 0. The third kappa shape index (κ3) is 7.21. The van der Waals surface area contributed by atoms with Crippen LogP contribution < -0.4 is 14.8 Å². The number of carbonyl (C=O) groups is 1. The standard InChI is InChI=1S/C20H26N2O5S/c1-15(2)27-19-10-8-18(9-11-19)22-28(24,25)14-20(23)21-12-16-6-4-5-7-17(16)13-26-3/h4-11,15,22H,12-14H2,1-3H3,(H,21,23). The number of nitrogens with one attached hydrogen (secondary N) is 2. The third-order valence-electron chi connectivity index (χ3n) is 3.71. The van der Waals surface area contributed by atoms with Crippen molar-refractivity contribution < 1.29 is 22.7 Å². The molecule has 0 aliphatic rings. The van der Waals surface area contributed by atoms with Crippen molar-refractivity contribution in [2.24, 2.45) is 0 Å². The summed E-state index contributed by atoms with van der Waals surface area (Å²) in [5.74, 6) is -0.603. The molecule has 0 unspecified atom stereocenters. The zero-order valence-electron chi connectivity index (χ0n) is 16.3. The molecular formula is C20H26N2O5S. The van der Waals surface area contributed by atoms with Gasteiger partial charge in [0.2, 0.25) is 15.9 Å². The molecule has 0 spiro atoms. The van der Waals surface area contributed by atoms with Crippen LogP contribution in [0.3, 0.4) is 0 Å². The predicted octanol–water partition coefficient (Wildman–Crippen LogP) is 2.68. The molecule has 0 aliphatic carbocycles. The van der Waals surface area contributed by atoms with E-state index >= 15 is 0 Å². The van der Waals surface area contributed by atoms with Crippen molar-refractivity contribution in [3.05, 3.63) is 59.7 Å². The van der Waals surface area contributed by atoms with Gasteiger partial charge in [-0.3, -0.25) is 9.52 Å². The van der Waals surface area contributed by atoms with Crippen molar-refractivity contribution in [1.29, 1.82) is 0 Å². The quantitative estimate of drug-likeness (QED) is 0.633. The number of ether oxygens (including phenoxy) is 2. The van der Waals surface area contributed by atoms with Gasteiger partial charge in [0.15, 0.2) is 0 Å². The van der Waals surface area contributed by atoms with Gasteiger partial charge < -0.3 is 14.8 Å². The molecule has 0 atom stereocenters. The van der Waals surface area contributed by atoms with Crippen LogP contribution in [0.15, 0.2) is 48.5 Å². The van der Waals surface area contributed by atoms with Crippen molar-refractivity contribution in [1.82, 2.24) is 5.32 Å². The lowest BCUT2D eigenvalue weighted by Gasteiger charge is -2.12. The molecule has 0 fully saturated rings. The number of amides is 1. The Morgan fingerprint density at radius 2 is 1.68 bits per heavy atom. The Kier molecular flexibility index (Phi) is 7.83. The lowest BCUT2D eigenvalue weighted by Crippen LogP contribution is -2.32. The minimum atomic E-state index is -3.82. The van der Waals surface area contributed by atoms with E-state index in [0.717, 1.165) is 11.1 Å². The predicted molar refractivity (Wildman–Crippen MR) is 109 cm³/mol. The number of hydrogen-bond donors (Lipinski definition) is 2. The van der Waals surface area contributed by atoms with Crippen LogP contribution >= 0.6 is 0 Å². The van der Waals surface area contributed by atoms with Gasteiger partial charge in [0.05, 0.1) is 12.7 Å². The molecule has 0 saturated heterocycles. The molecule has 0 aromatic heterocycles. The van der Waals surface area contributed by atoms with Crippen molar-refractivity contribution in [2.75, 3.05) is 17.6 Å². The lowest BCUT2D eigenvalue weighted by molar-refractivity contribution is -0.118. The summed E-state index contributed by atoms with van der Waals surface area (Å²) in [5.41, 5.74) is 2.19. The first-order valence-corrected chi connectivity index (χ1v) is 10.5. The third-order valence-corrected chi connectivity index (χ3v) is 4.90. The minimum Gasteiger partial charge on any atom is -0.491 e. The topological polar surface area (TPSA) is 93.7 Å². The maximum Gasteiger partial charge on any atom is 0.241 e. The van der Waals surface area contributed by atoms with E-state index in [1.165, 1.54) is 0 Å². The van der Waals surface area contributed by atoms with Crippen LogP contribution in [-0.4, -0.2) is 33.3 Å². The monoisotopic (exact) mass is 406 g/mol. The van der Waals surface area contributed by atoms with Crippen molar-refractivity contribution in [2.45, 2.75) is 33.1 Å². The first kappa shape index (κ1) is 21.7. The van der Waals surface area contributed by atoms with Crippen LogP contribution in [0.25, 0.3) is 0 Å². The van der Waals surface area contributed by atoms with Gasteiger partial charge in [-0.25, -0.2) is 8.42 Å². The Balaban J connectivity index is 1.90. The molecule has 0 aliphatic heterocycles. The van der Waals surface area contributed by atoms with Gasteiger partial charge in [0, 0.05) is 19.3 Å². The van der Waals surface area contributed by atoms with Crippen molar-refractivity contribution >= 4 is 21.6 Å². The number of anilines is 1. The number of methoxy groups -OCH3 is 1. The second kappa shape index (κ2) is 10.1. The molecule has 0 bridgehead atoms. The van der Waals surface area contributed by atoms with Gasteiger partial charge in [0.1, 0.15) is 11.5 Å². The second-order valence-electron chi connectivity index (χ2n) is 6.53. The van der Waals surface area contributed by atoms with Gasteiger partial charge >= 0.3 is 0 Å². The summed E-state index contributed by atoms with van der Waals surface area (Å²) in [6.07, 6.45) is 0.0280. The highest BCUT2D eigenvalue weighted by Crippen LogP contribution is 2.18. The second-order valence-corrected chi connectivity index (χ2v) is 8.25. The molecule has 2 aromatic carbocycles. The molecule has 2 aromatic rings. The number of carbonyl (C=O) groups excluding carboxylic acids is 1. The molecule has 2 rings (SSSR count). The summed E-state index contributed by atoms with van der Waals surface area (Å²) < 4.78 is 37.5. The smallest absolute Gasteiger partial charge is 0.241 e. The van der Waals surface area contributed by atoms with E-state index in [1.54, 1.807) is 31.4 Å². The van der Waals surface area contributed by atoms with E-state index in [-0.39, 0.29) is 12.6 Å². The summed E-state index contributed by atoms with van der Waals surface area (Å²) in [6, 6.07) is 14.0. The Hall–Kier alpha value is -2.58. The fraction of sp³-hybridized carbons (Fsp3) is 0.350. The first-order valence-electron chi connectivity index (χ1n) is 8.88. The average Bonchev–Trinajstić information content (AvgIpc) is 2.62. The van der Waals surface area contributed by atoms with E-state index in [0.29, 0.717) is 18.0 Å². The molecule has 2 N–H and O–H groups in total. The van der Waals surface area contributed by atoms with Crippen LogP contribution in [0.2, 0.25) is 0 Å². The van der Waals surface area contributed by atoms with Crippen LogP contribution in [0.4, 0.5) is 5.69 Å². The van der Waals surface area contributed by atoms with Crippen molar-refractivity contribution in [3.63, 3.8) is 0 Å². The number of benzene rings is 2. The number of sulfonamides is 1. The van der Waals surface area contributed by atoms with Crippen LogP contribution in [-0.2, 0) is 32.7 Å². The fourth-order valence-corrected chi connectivity index (χ4v) is 3.55. The zero-order valence-corrected chi connectivity index (χ0v) is 17.1. The first-order chi connectivity index (χ1) is 13.3. The van der Waals surface area contributed by atoms with Gasteiger partial charge in [-0.1, -0.05) is 24.3 Å². The molecule has 0 saturated carbocycles. The molecule has 152 valence electrons. The largest absolute Gasteiger partial charge is 0.491 e. The summed E-state index contributed by atoms with van der Waals surface area (Å²) in [5, 5.41) is 2.64. The molecule has 28 heavy (non-hydrogen) atoms. The highest BCUT2D eigenvalue weighted by atomic mass is 32.2. The average molecular weight is 407 g/mol. The summed E-state index contributed by atoms with van der Waals surface area (Å²) in [4.78, 5) is 12.1. The van der Waals surface area contributed by atoms with E-state index in [2.05, 4.69) is 10.0 Å². The molecule has 8 heteroatoms. The van der Waals surface area contributed by atoms with Crippen LogP contribution in [0.1, 0.15) is 25.0 Å². The molecule has 0 heterocycles. The van der Waals surface area contributed by atoms with Gasteiger partial charge in [-0.15, -0.1) is 0 Å². The molecule has 0 radical (unpaired) electrons. The molecular weight excluding hydrogens is 380 g/mol. The van der Waals surface area contributed by atoms with E-state index < -0.39 is 21.7 Å². The summed E-state index contributed by atoms with van der Waals surface area (Å²) in [7, 11) is -2.23. The molecule has 7 nitrogen and oxygen atoms in total. The zero-order chi connectivity index (χ0) is 20.6. The maximum absolute atomic E-state index is 12.2. The van der Waals surface area contributed by atoms with E-state index in [4.69, 9.17) is 9.47 Å². The minimum absolute atomic E-state index is 0.0280. The van der Waals surface area contributed by atoms with Crippen molar-refractivity contribution in [3.8, 4) is 5.75 Å². The van der Waals surface area contributed by atoms with Gasteiger partial charge in [-0.05, 0) is 49.2 Å². The fourth-order valence-electron chi connectivity index (χ4n) is 2.53. The lowest BCUT2D eigenvalue weighted by atomic mass is 10.1. The Labute approximate surface area is 166 Å².